The number of para-hydroxylation sites is 4. The Morgan fingerprint density at radius 3 is 1.73 bits per heavy atom. The Labute approximate surface area is 98.7 Å². The van der Waals surface area contributed by atoms with Crippen LogP contribution in [-0.4, -0.2) is 0 Å². The molecular weight excluding hydrogens is 230 g/mol. The van der Waals surface area contributed by atoms with Crippen molar-refractivity contribution in [1.82, 2.24) is 0 Å². The van der Waals surface area contributed by atoms with E-state index in [2.05, 4.69) is 5.32 Å². The number of rotatable bonds is 0. The molecular formula is C12H9FeNO. The average molecular weight is 239 g/mol. The summed E-state index contributed by atoms with van der Waals surface area (Å²) >= 11 is 0. The molecule has 3 rings (SSSR count). The largest absolute Gasteiger partial charge is 0.453 e. The molecule has 1 heterocycles. The third-order valence-electron chi connectivity index (χ3n) is 2.26. The van der Waals surface area contributed by atoms with E-state index < -0.39 is 0 Å². The van der Waals surface area contributed by atoms with Gasteiger partial charge in [0.1, 0.15) is 0 Å². The summed E-state index contributed by atoms with van der Waals surface area (Å²) < 4.78 is 5.71. The maximum Gasteiger partial charge on any atom is 0.150 e. The van der Waals surface area contributed by atoms with Crippen LogP contribution in [0.25, 0.3) is 0 Å². The molecule has 1 aliphatic heterocycles. The summed E-state index contributed by atoms with van der Waals surface area (Å²) in [4.78, 5) is 0. The van der Waals surface area contributed by atoms with Crippen molar-refractivity contribution >= 4 is 11.4 Å². The van der Waals surface area contributed by atoms with E-state index in [-0.39, 0.29) is 17.1 Å². The van der Waals surface area contributed by atoms with Gasteiger partial charge in [0.15, 0.2) is 11.5 Å². The Morgan fingerprint density at radius 1 is 0.733 bits per heavy atom. The van der Waals surface area contributed by atoms with E-state index in [9.17, 15) is 0 Å². The molecule has 0 fully saturated rings. The maximum absolute atomic E-state index is 5.71. The summed E-state index contributed by atoms with van der Waals surface area (Å²) in [5.74, 6) is 1.76. The monoisotopic (exact) mass is 239 g/mol. The van der Waals surface area contributed by atoms with Crippen molar-refractivity contribution in [1.29, 1.82) is 0 Å². The van der Waals surface area contributed by atoms with E-state index in [1.165, 1.54) is 0 Å². The maximum atomic E-state index is 5.71. The summed E-state index contributed by atoms with van der Waals surface area (Å²) in [6, 6.07) is 15.8. The molecule has 1 N–H and O–H groups in total. The molecule has 0 saturated heterocycles. The molecule has 0 saturated carbocycles. The molecule has 2 aromatic carbocycles. The molecule has 0 radical (unpaired) electrons. The van der Waals surface area contributed by atoms with Gasteiger partial charge in [-0.1, -0.05) is 24.3 Å². The summed E-state index contributed by atoms with van der Waals surface area (Å²) in [7, 11) is 0. The fourth-order valence-corrected chi connectivity index (χ4v) is 1.58. The van der Waals surface area contributed by atoms with Crippen LogP contribution in [0, 0.1) is 0 Å². The third-order valence-corrected chi connectivity index (χ3v) is 2.26. The van der Waals surface area contributed by atoms with Gasteiger partial charge >= 0.3 is 0 Å². The SMILES string of the molecule is [Fe].c1ccc2c(c1)Nc1ccccc1O2. The Bertz CT molecular complexity index is 397. The van der Waals surface area contributed by atoms with Gasteiger partial charge in [0.05, 0.1) is 11.4 Å². The van der Waals surface area contributed by atoms with Gasteiger partial charge in [-0.25, -0.2) is 0 Å². The minimum atomic E-state index is 0. The molecule has 2 nitrogen and oxygen atoms in total. The number of anilines is 2. The quantitative estimate of drug-likeness (QED) is 0.606. The first-order valence-electron chi connectivity index (χ1n) is 4.56. The minimum absolute atomic E-state index is 0. The molecule has 0 bridgehead atoms. The Kier molecular flexibility index (Phi) is 2.67. The molecule has 0 spiro atoms. The van der Waals surface area contributed by atoms with Gasteiger partial charge in [-0.2, -0.15) is 0 Å². The van der Waals surface area contributed by atoms with Crippen molar-refractivity contribution < 1.29 is 21.8 Å². The molecule has 3 heteroatoms. The van der Waals surface area contributed by atoms with Crippen LogP contribution in [-0.2, 0) is 17.1 Å². The number of fused-ring (bicyclic) bond motifs is 2. The van der Waals surface area contributed by atoms with Gasteiger partial charge in [0, 0.05) is 17.1 Å². The number of nitrogens with one attached hydrogen (secondary N) is 1. The van der Waals surface area contributed by atoms with Gasteiger partial charge in [-0.15, -0.1) is 0 Å². The van der Waals surface area contributed by atoms with E-state index in [0.29, 0.717) is 0 Å². The number of hydrogen-bond acceptors (Lipinski definition) is 2. The smallest absolute Gasteiger partial charge is 0.150 e. The summed E-state index contributed by atoms with van der Waals surface area (Å²) in [6.07, 6.45) is 0. The van der Waals surface area contributed by atoms with Crippen LogP contribution in [0.2, 0.25) is 0 Å². The molecule has 0 aromatic heterocycles. The number of benzene rings is 2. The normalized spacial score (nSPS) is 11.2. The van der Waals surface area contributed by atoms with E-state index in [0.717, 1.165) is 22.9 Å². The second-order valence-corrected chi connectivity index (χ2v) is 3.22. The van der Waals surface area contributed by atoms with Gasteiger partial charge in [-0.05, 0) is 24.3 Å². The van der Waals surface area contributed by atoms with Crippen LogP contribution in [0.3, 0.4) is 0 Å². The first-order chi connectivity index (χ1) is 6.93. The van der Waals surface area contributed by atoms with Crippen molar-refractivity contribution in [2.45, 2.75) is 0 Å². The zero-order valence-electron chi connectivity index (χ0n) is 7.88. The van der Waals surface area contributed by atoms with Crippen molar-refractivity contribution in [3.8, 4) is 11.5 Å². The van der Waals surface area contributed by atoms with Crippen LogP contribution in [0.15, 0.2) is 48.5 Å². The van der Waals surface area contributed by atoms with Crippen LogP contribution in [0.4, 0.5) is 11.4 Å². The molecule has 2 aromatic rings. The first-order valence-corrected chi connectivity index (χ1v) is 4.56. The van der Waals surface area contributed by atoms with Crippen LogP contribution in [0.1, 0.15) is 0 Å². The molecule has 1 aliphatic rings. The molecule has 0 unspecified atom stereocenters. The summed E-state index contributed by atoms with van der Waals surface area (Å²) in [6.45, 7) is 0. The number of hydrogen-bond donors (Lipinski definition) is 1. The van der Waals surface area contributed by atoms with Gasteiger partial charge < -0.3 is 10.1 Å². The van der Waals surface area contributed by atoms with Crippen LogP contribution >= 0.6 is 0 Å². The Morgan fingerprint density at radius 2 is 1.20 bits per heavy atom. The van der Waals surface area contributed by atoms with Crippen LogP contribution in [0.5, 0.6) is 11.5 Å². The van der Waals surface area contributed by atoms with Crippen molar-refractivity contribution in [3.05, 3.63) is 48.5 Å². The van der Waals surface area contributed by atoms with Crippen molar-refractivity contribution in [2.75, 3.05) is 5.32 Å². The van der Waals surface area contributed by atoms with Gasteiger partial charge in [0.2, 0.25) is 0 Å². The summed E-state index contributed by atoms with van der Waals surface area (Å²) in [5, 5.41) is 3.32. The van der Waals surface area contributed by atoms with Crippen molar-refractivity contribution in [2.24, 2.45) is 0 Å². The van der Waals surface area contributed by atoms with E-state index >= 15 is 0 Å². The standard InChI is InChI=1S/C12H9NO.Fe/c1-3-7-11-9(5-1)13-10-6-2-4-8-12(10)14-11;/h1-8,13H;. The fraction of sp³-hybridized carbons (Fsp3) is 0. The predicted octanol–water partition coefficient (Wildman–Crippen LogP) is 3.53. The summed E-state index contributed by atoms with van der Waals surface area (Å²) in [5.41, 5.74) is 2.04. The molecule has 0 amide bonds. The van der Waals surface area contributed by atoms with Gasteiger partial charge in [-0.3, -0.25) is 0 Å². The van der Waals surface area contributed by atoms with Crippen molar-refractivity contribution in [3.63, 3.8) is 0 Å². The Hall–Kier alpha value is -1.44. The second-order valence-electron chi connectivity index (χ2n) is 3.22. The molecule has 15 heavy (non-hydrogen) atoms. The predicted molar refractivity (Wildman–Crippen MR) is 56.2 cm³/mol. The fourth-order valence-electron chi connectivity index (χ4n) is 1.58. The molecule has 0 atom stereocenters. The van der Waals surface area contributed by atoms with E-state index in [1.807, 2.05) is 48.5 Å². The Balaban J connectivity index is 0.000000853. The zero-order chi connectivity index (χ0) is 9.38. The van der Waals surface area contributed by atoms with Gasteiger partial charge in [0.25, 0.3) is 0 Å². The van der Waals surface area contributed by atoms with E-state index in [4.69, 9.17) is 4.74 Å². The first kappa shape index (κ1) is 10.1. The minimum Gasteiger partial charge on any atom is -0.453 e. The average Bonchev–Trinajstić information content (AvgIpc) is 2.26. The van der Waals surface area contributed by atoms with E-state index in [1.54, 1.807) is 0 Å². The van der Waals surface area contributed by atoms with Crippen LogP contribution < -0.4 is 10.1 Å². The number of ether oxygens (including phenoxy) is 1. The third kappa shape index (κ3) is 1.72. The second kappa shape index (κ2) is 3.97. The zero-order valence-corrected chi connectivity index (χ0v) is 8.98. The molecule has 0 aliphatic carbocycles. The topological polar surface area (TPSA) is 21.3 Å². The molecule has 76 valence electrons.